The Kier molecular flexibility index (Phi) is 3.43. The van der Waals surface area contributed by atoms with E-state index in [9.17, 15) is 9.59 Å². The van der Waals surface area contributed by atoms with Crippen LogP contribution in [0.5, 0.6) is 0 Å². The van der Waals surface area contributed by atoms with Crippen molar-refractivity contribution in [1.29, 1.82) is 0 Å². The van der Waals surface area contributed by atoms with Crippen LogP contribution in [-0.4, -0.2) is 40.6 Å². The monoisotopic (exact) mass is 273 g/mol. The Morgan fingerprint density at radius 1 is 1.30 bits per heavy atom. The summed E-state index contributed by atoms with van der Waals surface area (Å²) in [5, 5.41) is 4.04. The number of carbonyl (C=O) groups excluding carboxylic acids is 2. The Morgan fingerprint density at radius 2 is 2.00 bits per heavy atom. The van der Waals surface area contributed by atoms with E-state index in [-0.39, 0.29) is 11.5 Å². The molecule has 2 aromatic rings. The van der Waals surface area contributed by atoms with E-state index in [4.69, 9.17) is 11.5 Å². The minimum Gasteiger partial charge on any atom is -0.399 e. The van der Waals surface area contributed by atoms with E-state index in [1.807, 2.05) is 0 Å². The van der Waals surface area contributed by atoms with Gasteiger partial charge in [-0.25, -0.2) is 4.68 Å². The molecule has 7 heteroatoms. The normalized spacial score (nSPS) is 10.3. The molecule has 1 aromatic carbocycles. The molecule has 7 nitrogen and oxygen atoms in total. The van der Waals surface area contributed by atoms with E-state index < -0.39 is 5.91 Å². The summed E-state index contributed by atoms with van der Waals surface area (Å²) in [6.45, 7) is 0. The van der Waals surface area contributed by atoms with Crippen molar-refractivity contribution >= 4 is 17.5 Å². The first-order chi connectivity index (χ1) is 9.40. The van der Waals surface area contributed by atoms with Gasteiger partial charge in [-0.15, -0.1) is 0 Å². The van der Waals surface area contributed by atoms with Gasteiger partial charge in [0.05, 0.1) is 23.0 Å². The minimum absolute atomic E-state index is 0.184. The molecular formula is C13H15N5O2. The van der Waals surface area contributed by atoms with Gasteiger partial charge in [0.25, 0.3) is 11.8 Å². The number of hydrogen-bond acceptors (Lipinski definition) is 4. The molecule has 0 unspecified atom stereocenters. The van der Waals surface area contributed by atoms with Crippen molar-refractivity contribution in [1.82, 2.24) is 14.7 Å². The molecule has 2 rings (SSSR count). The van der Waals surface area contributed by atoms with Crippen LogP contribution in [0.4, 0.5) is 5.69 Å². The van der Waals surface area contributed by atoms with Crippen LogP contribution in [0.25, 0.3) is 5.69 Å². The summed E-state index contributed by atoms with van der Waals surface area (Å²) in [4.78, 5) is 24.7. The standard InChI is InChI=1S/C13H15N5O2/c1-17(2)13(20)10-4-3-9(14)5-11(10)18-7-8(6-16-18)12(15)19/h3-7H,14H2,1-2H3,(H2,15,19). The maximum atomic E-state index is 12.1. The quantitative estimate of drug-likeness (QED) is 0.782. The van der Waals surface area contributed by atoms with Crippen LogP contribution in [0.1, 0.15) is 20.7 Å². The SMILES string of the molecule is CN(C)C(=O)c1ccc(N)cc1-n1cc(C(N)=O)cn1. The zero-order valence-corrected chi connectivity index (χ0v) is 11.2. The number of nitrogens with zero attached hydrogens (tertiary/aromatic N) is 3. The van der Waals surface area contributed by atoms with Crippen molar-refractivity contribution in [2.75, 3.05) is 19.8 Å². The first-order valence-corrected chi connectivity index (χ1v) is 5.86. The van der Waals surface area contributed by atoms with Gasteiger partial charge in [-0.2, -0.15) is 5.10 Å². The predicted octanol–water partition coefficient (Wildman–Crippen LogP) is 0.255. The number of anilines is 1. The van der Waals surface area contributed by atoms with Gasteiger partial charge in [0, 0.05) is 26.0 Å². The number of nitrogens with two attached hydrogens (primary N) is 2. The smallest absolute Gasteiger partial charge is 0.255 e. The van der Waals surface area contributed by atoms with Crippen LogP contribution in [0.3, 0.4) is 0 Å². The van der Waals surface area contributed by atoms with Crippen LogP contribution >= 0.6 is 0 Å². The molecule has 0 radical (unpaired) electrons. The lowest BCUT2D eigenvalue weighted by Gasteiger charge is -2.14. The first kappa shape index (κ1) is 13.6. The highest BCUT2D eigenvalue weighted by Crippen LogP contribution is 2.19. The van der Waals surface area contributed by atoms with Gasteiger partial charge in [0.2, 0.25) is 0 Å². The Morgan fingerprint density at radius 3 is 2.55 bits per heavy atom. The van der Waals surface area contributed by atoms with E-state index in [0.29, 0.717) is 16.9 Å². The van der Waals surface area contributed by atoms with Crippen LogP contribution < -0.4 is 11.5 Å². The lowest BCUT2D eigenvalue weighted by molar-refractivity contribution is 0.0827. The van der Waals surface area contributed by atoms with Gasteiger partial charge in [-0.05, 0) is 18.2 Å². The zero-order valence-electron chi connectivity index (χ0n) is 11.2. The van der Waals surface area contributed by atoms with E-state index in [0.717, 1.165) is 0 Å². The van der Waals surface area contributed by atoms with Gasteiger partial charge >= 0.3 is 0 Å². The van der Waals surface area contributed by atoms with Crippen molar-refractivity contribution in [2.24, 2.45) is 5.73 Å². The Balaban J connectivity index is 2.56. The van der Waals surface area contributed by atoms with Crippen LogP contribution in [0.15, 0.2) is 30.6 Å². The van der Waals surface area contributed by atoms with Gasteiger partial charge in [-0.3, -0.25) is 9.59 Å². The number of primary amides is 1. The Hall–Kier alpha value is -2.83. The number of hydrogen-bond donors (Lipinski definition) is 2. The molecule has 0 aliphatic heterocycles. The highest BCUT2D eigenvalue weighted by Gasteiger charge is 2.16. The third kappa shape index (κ3) is 2.46. The summed E-state index contributed by atoms with van der Waals surface area (Å²) in [7, 11) is 3.31. The summed E-state index contributed by atoms with van der Waals surface area (Å²) >= 11 is 0. The molecule has 0 aliphatic carbocycles. The van der Waals surface area contributed by atoms with Crippen molar-refractivity contribution < 1.29 is 9.59 Å². The third-order valence-electron chi connectivity index (χ3n) is 2.77. The Labute approximate surface area is 115 Å². The number of benzene rings is 1. The van der Waals surface area contributed by atoms with E-state index in [1.54, 1.807) is 32.3 Å². The molecule has 0 atom stereocenters. The van der Waals surface area contributed by atoms with Crippen LogP contribution in [0, 0.1) is 0 Å². The maximum absolute atomic E-state index is 12.1. The second-order valence-electron chi connectivity index (χ2n) is 4.51. The molecule has 20 heavy (non-hydrogen) atoms. The fourth-order valence-electron chi connectivity index (χ4n) is 1.74. The molecule has 1 aromatic heterocycles. The zero-order chi connectivity index (χ0) is 14.9. The molecule has 4 N–H and O–H groups in total. The molecule has 0 saturated carbocycles. The van der Waals surface area contributed by atoms with E-state index in [1.165, 1.54) is 22.0 Å². The number of nitrogen functional groups attached to an aromatic ring is 1. The second-order valence-corrected chi connectivity index (χ2v) is 4.51. The average molecular weight is 273 g/mol. The summed E-state index contributed by atoms with van der Waals surface area (Å²) in [6.07, 6.45) is 2.80. The van der Waals surface area contributed by atoms with Gasteiger partial charge < -0.3 is 16.4 Å². The highest BCUT2D eigenvalue weighted by atomic mass is 16.2. The molecule has 2 amide bonds. The molecule has 0 saturated heterocycles. The van der Waals surface area contributed by atoms with Crippen molar-refractivity contribution in [3.63, 3.8) is 0 Å². The topological polar surface area (TPSA) is 107 Å². The van der Waals surface area contributed by atoms with Gasteiger partial charge in [0.1, 0.15) is 0 Å². The minimum atomic E-state index is -0.583. The highest BCUT2D eigenvalue weighted by molar-refractivity contribution is 5.98. The largest absolute Gasteiger partial charge is 0.399 e. The van der Waals surface area contributed by atoms with Gasteiger partial charge in [-0.1, -0.05) is 0 Å². The third-order valence-corrected chi connectivity index (χ3v) is 2.77. The Bertz CT molecular complexity index is 675. The summed E-state index contributed by atoms with van der Waals surface area (Å²) < 4.78 is 1.41. The molecule has 0 aliphatic rings. The summed E-state index contributed by atoms with van der Waals surface area (Å²) in [5.41, 5.74) is 12.6. The fourth-order valence-corrected chi connectivity index (χ4v) is 1.74. The number of aromatic nitrogens is 2. The number of rotatable bonds is 3. The lowest BCUT2D eigenvalue weighted by Crippen LogP contribution is -2.23. The number of carbonyl (C=O) groups is 2. The molecule has 1 heterocycles. The average Bonchev–Trinajstić information content (AvgIpc) is 2.87. The maximum Gasteiger partial charge on any atom is 0.255 e. The van der Waals surface area contributed by atoms with Crippen molar-refractivity contribution in [3.05, 3.63) is 41.7 Å². The summed E-state index contributed by atoms with van der Waals surface area (Å²) in [6, 6.07) is 4.88. The van der Waals surface area contributed by atoms with Crippen LogP contribution in [-0.2, 0) is 0 Å². The van der Waals surface area contributed by atoms with Crippen LogP contribution in [0.2, 0.25) is 0 Å². The van der Waals surface area contributed by atoms with Crippen molar-refractivity contribution in [2.45, 2.75) is 0 Å². The lowest BCUT2D eigenvalue weighted by atomic mass is 10.1. The fraction of sp³-hybridized carbons (Fsp3) is 0.154. The molecule has 0 spiro atoms. The molecule has 0 bridgehead atoms. The molecular weight excluding hydrogens is 258 g/mol. The van der Waals surface area contributed by atoms with E-state index >= 15 is 0 Å². The van der Waals surface area contributed by atoms with E-state index in [2.05, 4.69) is 5.10 Å². The van der Waals surface area contributed by atoms with Crippen molar-refractivity contribution in [3.8, 4) is 5.69 Å². The first-order valence-electron chi connectivity index (χ1n) is 5.86. The van der Waals surface area contributed by atoms with Gasteiger partial charge in [0.15, 0.2) is 0 Å². The predicted molar refractivity (Wildman–Crippen MR) is 74.5 cm³/mol. The molecule has 104 valence electrons. The number of amides is 2. The molecule has 0 fully saturated rings. The second kappa shape index (κ2) is 5.04. The summed E-state index contributed by atoms with van der Waals surface area (Å²) in [5.74, 6) is -0.767.